The molecule has 168 valence electrons. The van der Waals surface area contributed by atoms with Crippen LogP contribution in [0.25, 0.3) is 10.9 Å². The molecule has 0 unspecified atom stereocenters. The zero-order valence-electron chi connectivity index (χ0n) is 16.8. The first-order valence-corrected chi connectivity index (χ1v) is 10.6. The average Bonchev–Trinajstić information content (AvgIpc) is 2.75. The summed E-state index contributed by atoms with van der Waals surface area (Å²) in [4.78, 5) is 16.1. The van der Waals surface area contributed by atoms with Gasteiger partial charge in [0, 0.05) is 33.7 Å². The molecule has 1 saturated carbocycles. The predicted octanol–water partition coefficient (Wildman–Crippen LogP) is 6.20. The summed E-state index contributed by atoms with van der Waals surface area (Å²) in [5.74, 6) is -0.683. The van der Waals surface area contributed by atoms with Crippen molar-refractivity contribution in [1.29, 1.82) is 0 Å². The molecule has 1 amide bonds. The number of fused-ring (bicyclic) bond motifs is 1. The number of aromatic nitrogens is 1. The minimum Gasteiger partial charge on any atom is -0.382 e. The predicted molar refractivity (Wildman–Crippen MR) is 115 cm³/mol. The van der Waals surface area contributed by atoms with Crippen LogP contribution in [-0.4, -0.2) is 23.0 Å². The molecule has 1 aromatic heterocycles. The first-order chi connectivity index (χ1) is 15.2. The summed E-state index contributed by atoms with van der Waals surface area (Å²) < 4.78 is 53.0. The fourth-order valence-electron chi connectivity index (χ4n) is 3.93. The highest BCUT2D eigenvalue weighted by Crippen LogP contribution is 2.35. The van der Waals surface area contributed by atoms with Gasteiger partial charge in [-0.2, -0.15) is 13.2 Å². The molecule has 0 aliphatic heterocycles. The molecule has 0 saturated heterocycles. The maximum atomic E-state index is 13.3. The second-order valence-electron chi connectivity index (χ2n) is 7.89. The molecule has 0 radical (unpaired) electrons. The Hall–Kier alpha value is -2.87. The second-order valence-corrected chi connectivity index (χ2v) is 8.32. The highest BCUT2D eigenvalue weighted by Gasteiger charge is 2.34. The van der Waals surface area contributed by atoms with Gasteiger partial charge in [0.25, 0.3) is 5.91 Å². The minimum absolute atomic E-state index is 0.0556. The second kappa shape index (κ2) is 8.94. The Balaban J connectivity index is 1.44. The summed E-state index contributed by atoms with van der Waals surface area (Å²) >= 11 is 6.05. The van der Waals surface area contributed by atoms with Crippen LogP contribution >= 0.6 is 11.6 Å². The van der Waals surface area contributed by atoms with Crippen molar-refractivity contribution >= 4 is 34.1 Å². The molecule has 1 aliphatic carbocycles. The van der Waals surface area contributed by atoms with Gasteiger partial charge in [0.05, 0.1) is 5.52 Å². The van der Waals surface area contributed by atoms with Crippen LogP contribution in [0, 0.1) is 5.82 Å². The van der Waals surface area contributed by atoms with E-state index in [0.29, 0.717) is 47.3 Å². The van der Waals surface area contributed by atoms with Gasteiger partial charge in [0.2, 0.25) is 0 Å². The van der Waals surface area contributed by atoms with Crippen LogP contribution in [-0.2, 0) is 6.18 Å². The molecule has 0 bridgehead atoms. The Morgan fingerprint density at radius 2 is 1.62 bits per heavy atom. The number of hydrogen-bond acceptors (Lipinski definition) is 3. The number of halogens is 5. The van der Waals surface area contributed by atoms with Crippen molar-refractivity contribution < 1.29 is 22.4 Å². The lowest BCUT2D eigenvalue weighted by atomic mass is 9.90. The fraction of sp³-hybridized carbons (Fsp3) is 0.304. The number of amides is 1. The molecule has 1 aliphatic rings. The summed E-state index contributed by atoms with van der Waals surface area (Å²) in [5.41, 5.74) is -0.0304. The Morgan fingerprint density at radius 1 is 0.969 bits per heavy atom. The van der Waals surface area contributed by atoms with Crippen LogP contribution in [0.1, 0.15) is 41.7 Å². The average molecular weight is 466 g/mol. The third kappa shape index (κ3) is 5.12. The molecule has 1 heterocycles. The monoisotopic (exact) mass is 465 g/mol. The minimum atomic E-state index is -4.56. The van der Waals surface area contributed by atoms with Crippen molar-refractivity contribution in [1.82, 2.24) is 10.3 Å². The summed E-state index contributed by atoms with van der Waals surface area (Å²) in [7, 11) is 0. The van der Waals surface area contributed by atoms with E-state index in [2.05, 4.69) is 15.6 Å². The van der Waals surface area contributed by atoms with Crippen molar-refractivity contribution in [3.63, 3.8) is 0 Å². The number of pyridine rings is 1. The highest BCUT2D eigenvalue weighted by atomic mass is 35.5. The van der Waals surface area contributed by atoms with Gasteiger partial charge in [0.15, 0.2) is 0 Å². The lowest BCUT2D eigenvalue weighted by molar-refractivity contribution is -0.140. The van der Waals surface area contributed by atoms with Gasteiger partial charge in [-0.05, 0) is 74.2 Å². The van der Waals surface area contributed by atoms with Gasteiger partial charge in [-0.15, -0.1) is 0 Å². The van der Waals surface area contributed by atoms with Crippen molar-refractivity contribution in [3.05, 3.63) is 70.6 Å². The number of rotatable bonds is 4. The van der Waals surface area contributed by atoms with E-state index in [4.69, 9.17) is 11.6 Å². The number of anilines is 1. The first kappa shape index (κ1) is 22.3. The van der Waals surface area contributed by atoms with Crippen LogP contribution in [0.3, 0.4) is 0 Å². The van der Waals surface area contributed by atoms with E-state index in [1.54, 1.807) is 6.07 Å². The molecule has 9 heteroatoms. The van der Waals surface area contributed by atoms with Gasteiger partial charge in [-0.1, -0.05) is 11.6 Å². The number of benzene rings is 2. The topological polar surface area (TPSA) is 54.0 Å². The maximum Gasteiger partial charge on any atom is 0.433 e. The zero-order valence-corrected chi connectivity index (χ0v) is 17.6. The van der Waals surface area contributed by atoms with Gasteiger partial charge in [-0.25, -0.2) is 9.37 Å². The van der Waals surface area contributed by atoms with Gasteiger partial charge in [-0.3, -0.25) is 4.79 Å². The summed E-state index contributed by atoms with van der Waals surface area (Å²) in [6.07, 6.45) is -1.90. The largest absolute Gasteiger partial charge is 0.433 e. The molecule has 4 rings (SSSR count). The van der Waals surface area contributed by atoms with E-state index in [-0.39, 0.29) is 23.5 Å². The lowest BCUT2D eigenvalue weighted by Gasteiger charge is -2.30. The Bertz CT molecular complexity index is 1130. The van der Waals surface area contributed by atoms with Crippen LogP contribution in [0.5, 0.6) is 0 Å². The highest BCUT2D eigenvalue weighted by molar-refractivity contribution is 6.31. The van der Waals surface area contributed by atoms with Crippen LogP contribution < -0.4 is 10.6 Å². The van der Waals surface area contributed by atoms with Crippen molar-refractivity contribution in [2.75, 3.05) is 5.32 Å². The van der Waals surface area contributed by atoms with E-state index >= 15 is 0 Å². The van der Waals surface area contributed by atoms with Crippen LogP contribution in [0.4, 0.5) is 23.2 Å². The van der Waals surface area contributed by atoms with Crippen molar-refractivity contribution in [3.8, 4) is 0 Å². The smallest absolute Gasteiger partial charge is 0.382 e. The van der Waals surface area contributed by atoms with E-state index in [1.165, 1.54) is 36.4 Å². The standard InChI is InChI=1S/C23H20ClF4N3O/c24-14-3-10-19-18(11-14)20(12-21(31-19)23(26,27)28)29-16-6-8-17(9-7-16)30-22(32)13-1-4-15(25)5-2-13/h1-5,10-12,16-17H,6-9H2,(H,29,31)(H,30,32)/t16-,17+. The summed E-state index contributed by atoms with van der Waals surface area (Å²) in [6.45, 7) is 0. The number of carbonyl (C=O) groups excluding carboxylic acids is 1. The fourth-order valence-corrected chi connectivity index (χ4v) is 4.11. The van der Waals surface area contributed by atoms with Gasteiger partial charge >= 0.3 is 6.18 Å². The van der Waals surface area contributed by atoms with Gasteiger partial charge < -0.3 is 10.6 Å². The van der Waals surface area contributed by atoms with Gasteiger partial charge in [0.1, 0.15) is 11.5 Å². The third-order valence-corrected chi connectivity index (χ3v) is 5.82. The van der Waals surface area contributed by atoms with E-state index in [0.717, 1.165) is 6.07 Å². The zero-order chi connectivity index (χ0) is 22.9. The van der Waals surface area contributed by atoms with Crippen molar-refractivity contribution in [2.45, 2.75) is 43.9 Å². The molecule has 0 spiro atoms. The molecular formula is C23H20ClF4N3O. The molecule has 1 fully saturated rings. The maximum absolute atomic E-state index is 13.3. The van der Waals surface area contributed by atoms with Crippen molar-refractivity contribution in [2.24, 2.45) is 0 Å². The number of nitrogens with one attached hydrogen (secondary N) is 2. The molecular weight excluding hydrogens is 446 g/mol. The number of carbonyl (C=O) groups is 1. The SMILES string of the molecule is O=C(N[C@H]1CC[C@@H](Nc2cc(C(F)(F)F)nc3ccc(Cl)cc23)CC1)c1ccc(F)cc1. The number of hydrogen-bond donors (Lipinski definition) is 2. The van der Waals surface area contributed by atoms with E-state index < -0.39 is 17.7 Å². The number of nitrogens with zero attached hydrogens (tertiary/aromatic N) is 1. The number of alkyl halides is 3. The Morgan fingerprint density at radius 3 is 2.28 bits per heavy atom. The Kier molecular flexibility index (Phi) is 6.24. The molecule has 32 heavy (non-hydrogen) atoms. The first-order valence-electron chi connectivity index (χ1n) is 10.2. The molecule has 3 aromatic rings. The molecule has 4 nitrogen and oxygen atoms in total. The lowest BCUT2D eigenvalue weighted by Crippen LogP contribution is -2.40. The molecule has 2 N–H and O–H groups in total. The molecule has 2 aromatic carbocycles. The van der Waals surface area contributed by atoms with Crippen LogP contribution in [0.2, 0.25) is 5.02 Å². The quantitative estimate of drug-likeness (QED) is 0.451. The normalized spacial score (nSPS) is 19.0. The summed E-state index contributed by atoms with van der Waals surface area (Å²) in [6, 6.07) is 10.8. The summed E-state index contributed by atoms with van der Waals surface area (Å²) in [5, 5.41) is 7.10. The molecule has 0 atom stereocenters. The van der Waals surface area contributed by atoms with E-state index in [1.807, 2.05) is 0 Å². The van der Waals surface area contributed by atoms with Crippen LogP contribution in [0.15, 0.2) is 48.5 Å². The third-order valence-electron chi connectivity index (χ3n) is 5.59. The van der Waals surface area contributed by atoms with E-state index in [9.17, 15) is 22.4 Å². The Labute approximate surface area is 187 Å².